The number of rotatable bonds is 2. The van der Waals surface area contributed by atoms with Gasteiger partial charge in [-0.3, -0.25) is 9.58 Å². The Bertz CT molecular complexity index is 591. The van der Waals surface area contributed by atoms with Crippen molar-refractivity contribution in [1.29, 1.82) is 0 Å². The fourth-order valence-corrected chi connectivity index (χ4v) is 3.18. The molecule has 0 spiro atoms. The van der Waals surface area contributed by atoms with Crippen LogP contribution in [0.1, 0.15) is 22.4 Å². The minimum atomic E-state index is 0.768. The topological polar surface area (TPSA) is 21.1 Å². The number of benzene rings is 1. The predicted molar refractivity (Wildman–Crippen MR) is 82.1 cm³/mol. The van der Waals surface area contributed by atoms with Gasteiger partial charge in [-0.05, 0) is 30.9 Å². The minimum absolute atomic E-state index is 0.768. The maximum Gasteiger partial charge on any atom is 0.131 e. The fraction of sp³-hybridized carbons (Fsp3) is 0.438. The molecular weight excluding hydrogens is 270 g/mol. The first-order valence-electron chi connectivity index (χ1n) is 7.12. The lowest BCUT2D eigenvalue weighted by Crippen LogP contribution is -2.26. The van der Waals surface area contributed by atoms with E-state index in [-0.39, 0.29) is 0 Å². The summed E-state index contributed by atoms with van der Waals surface area (Å²) in [6.45, 7) is 5.10. The van der Waals surface area contributed by atoms with Crippen molar-refractivity contribution in [3.05, 3.63) is 51.8 Å². The zero-order valence-electron chi connectivity index (χ0n) is 12.1. The zero-order chi connectivity index (χ0) is 14.1. The number of hydrogen-bond acceptors (Lipinski definition) is 2. The van der Waals surface area contributed by atoms with Crippen LogP contribution in [-0.4, -0.2) is 27.8 Å². The van der Waals surface area contributed by atoms with Crippen molar-refractivity contribution in [2.24, 2.45) is 7.05 Å². The van der Waals surface area contributed by atoms with E-state index in [0.29, 0.717) is 0 Å². The van der Waals surface area contributed by atoms with Crippen LogP contribution in [0.2, 0.25) is 5.15 Å². The molecule has 106 valence electrons. The van der Waals surface area contributed by atoms with Crippen molar-refractivity contribution in [1.82, 2.24) is 14.7 Å². The van der Waals surface area contributed by atoms with Crippen LogP contribution in [0.4, 0.5) is 0 Å². The molecule has 0 atom stereocenters. The van der Waals surface area contributed by atoms with Crippen LogP contribution in [0.15, 0.2) is 24.3 Å². The van der Waals surface area contributed by atoms with Crippen LogP contribution in [0.3, 0.4) is 0 Å². The van der Waals surface area contributed by atoms with Crippen LogP contribution in [-0.2, 0) is 26.4 Å². The van der Waals surface area contributed by atoms with Crippen molar-refractivity contribution in [2.45, 2.75) is 26.3 Å². The molecule has 0 amide bonds. The van der Waals surface area contributed by atoms with Crippen molar-refractivity contribution in [3.63, 3.8) is 0 Å². The summed E-state index contributed by atoms with van der Waals surface area (Å²) in [5.74, 6) is 0. The Balaban J connectivity index is 1.74. The average Bonchev–Trinajstić information content (AvgIpc) is 2.63. The Hall–Kier alpha value is -1.32. The first kappa shape index (κ1) is 13.7. The van der Waals surface area contributed by atoms with Gasteiger partial charge in [0.25, 0.3) is 0 Å². The molecule has 3 rings (SSSR count). The molecule has 1 aromatic carbocycles. The minimum Gasteiger partial charge on any atom is -0.298 e. The summed E-state index contributed by atoms with van der Waals surface area (Å²) >= 11 is 6.34. The predicted octanol–water partition coefficient (Wildman–Crippen LogP) is 2.98. The molecule has 4 heteroatoms. The van der Waals surface area contributed by atoms with E-state index in [9.17, 15) is 0 Å². The highest BCUT2D eigenvalue weighted by atomic mass is 35.5. The normalized spacial score (nSPS) is 15.9. The summed E-state index contributed by atoms with van der Waals surface area (Å²) in [5, 5.41) is 5.16. The quantitative estimate of drug-likeness (QED) is 0.847. The number of aryl methyl sites for hydroxylation is 2. The molecule has 2 aromatic rings. The third-order valence-corrected chi connectivity index (χ3v) is 4.64. The molecule has 0 radical (unpaired) electrons. The lowest BCUT2D eigenvalue weighted by molar-refractivity contribution is 0.279. The number of fused-ring (bicyclic) bond motifs is 1. The molecule has 20 heavy (non-hydrogen) atoms. The molecule has 0 N–H and O–H groups in total. The molecule has 0 unspecified atom stereocenters. The molecule has 0 aliphatic carbocycles. The highest BCUT2D eigenvalue weighted by molar-refractivity contribution is 6.30. The molecule has 3 nitrogen and oxygen atoms in total. The molecule has 0 fully saturated rings. The second-order valence-corrected chi connectivity index (χ2v) is 5.88. The SMILES string of the molecule is Cc1nn(C)c(Cl)c1CN1CCc2ccccc2CC1. The van der Waals surface area contributed by atoms with Gasteiger partial charge in [0, 0.05) is 32.2 Å². The van der Waals surface area contributed by atoms with Crippen molar-refractivity contribution in [3.8, 4) is 0 Å². The molecule has 0 bridgehead atoms. The lowest BCUT2D eigenvalue weighted by atomic mass is 10.0. The monoisotopic (exact) mass is 289 g/mol. The first-order valence-corrected chi connectivity index (χ1v) is 7.50. The van der Waals surface area contributed by atoms with E-state index >= 15 is 0 Å². The molecule has 1 aliphatic rings. The van der Waals surface area contributed by atoms with Gasteiger partial charge in [-0.1, -0.05) is 35.9 Å². The Morgan fingerprint density at radius 1 is 1.15 bits per heavy atom. The smallest absolute Gasteiger partial charge is 0.131 e. The van der Waals surface area contributed by atoms with Crippen LogP contribution in [0.25, 0.3) is 0 Å². The van der Waals surface area contributed by atoms with E-state index in [0.717, 1.165) is 43.3 Å². The molecule has 1 aromatic heterocycles. The van der Waals surface area contributed by atoms with E-state index in [4.69, 9.17) is 11.6 Å². The number of nitrogens with zero attached hydrogens (tertiary/aromatic N) is 3. The van der Waals surface area contributed by atoms with Crippen molar-refractivity contribution in [2.75, 3.05) is 13.1 Å². The van der Waals surface area contributed by atoms with E-state index in [2.05, 4.69) is 34.3 Å². The molecule has 0 saturated heterocycles. The van der Waals surface area contributed by atoms with E-state index in [1.165, 1.54) is 16.7 Å². The third kappa shape index (κ3) is 2.60. The first-order chi connectivity index (χ1) is 9.65. The Morgan fingerprint density at radius 2 is 1.75 bits per heavy atom. The Morgan fingerprint density at radius 3 is 2.25 bits per heavy atom. The van der Waals surface area contributed by atoms with Crippen LogP contribution in [0.5, 0.6) is 0 Å². The van der Waals surface area contributed by atoms with E-state index < -0.39 is 0 Å². The maximum atomic E-state index is 6.34. The van der Waals surface area contributed by atoms with Crippen molar-refractivity contribution >= 4 is 11.6 Å². The van der Waals surface area contributed by atoms with Gasteiger partial charge in [-0.25, -0.2) is 0 Å². The zero-order valence-corrected chi connectivity index (χ0v) is 12.8. The summed E-state index contributed by atoms with van der Waals surface area (Å²) in [4.78, 5) is 2.48. The second kappa shape index (κ2) is 5.58. The fourth-order valence-electron chi connectivity index (χ4n) is 2.95. The summed E-state index contributed by atoms with van der Waals surface area (Å²) in [7, 11) is 1.90. The molecule has 1 aliphatic heterocycles. The van der Waals surface area contributed by atoms with Gasteiger partial charge < -0.3 is 0 Å². The average molecular weight is 290 g/mol. The van der Waals surface area contributed by atoms with Crippen molar-refractivity contribution < 1.29 is 0 Å². The highest BCUT2D eigenvalue weighted by Crippen LogP contribution is 2.22. The van der Waals surface area contributed by atoms with E-state index in [1.807, 2.05) is 14.0 Å². The van der Waals surface area contributed by atoms with Gasteiger partial charge >= 0.3 is 0 Å². The molecule has 0 saturated carbocycles. The highest BCUT2D eigenvalue weighted by Gasteiger charge is 2.18. The Kier molecular flexibility index (Phi) is 3.81. The van der Waals surface area contributed by atoms with Gasteiger partial charge in [-0.2, -0.15) is 5.10 Å². The summed E-state index contributed by atoms with van der Waals surface area (Å²) in [6, 6.07) is 8.77. The van der Waals surface area contributed by atoms with Gasteiger partial charge in [-0.15, -0.1) is 0 Å². The van der Waals surface area contributed by atoms with Gasteiger partial charge in [0.2, 0.25) is 0 Å². The van der Waals surface area contributed by atoms with Crippen LogP contribution in [0, 0.1) is 6.92 Å². The van der Waals surface area contributed by atoms with Gasteiger partial charge in [0.05, 0.1) is 5.69 Å². The largest absolute Gasteiger partial charge is 0.298 e. The molecule has 2 heterocycles. The van der Waals surface area contributed by atoms with Gasteiger partial charge in [0.15, 0.2) is 0 Å². The van der Waals surface area contributed by atoms with Crippen LogP contribution < -0.4 is 0 Å². The standard InChI is InChI=1S/C16H20ClN3/c1-12-15(16(17)19(2)18-12)11-20-9-7-13-5-3-4-6-14(13)8-10-20/h3-6H,7-11H2,1-2H3. The maximum absolute atomic E-state index is 6.34. The van der Waals surface area contributed by atoms with Gasteiger partial charge in [0.1, 0.15) is 5.15 Å². The summed E-state index contributed by atoms with van der Waals surface area (Å²) in [5.41, 5.74) is 5.19. The second-order valence-electron chi connectivity index (χ2n) is 5.52. The molecular formula is C16H20ClN3. The summed E-state index contributed by atoms with van der Waals surface area (Å²) < 4.78 is 1.76. The number of hydrogen-bond donors (Lipinski definition) is 0. The summed E-state index contributed by atoms with van der Waals surface area (Å²) in [6.07, 6.45) is 2.24. The van der Waals surface area contributed by atoms with Crippen LogP contribution >= 0.6 is 11.6 Å². The lowest BCUT2D eigenvalue weighted by Gasteiger charge is -2.19. The third-order valence-electron chi connectivity index (χ3n) is 4.16. The van der Waals surface area contributed by atoms with E-state index in [1.54, 1.807) is 4.68 Å². The number of aromatic nitrogens is 2. The number of halogens is 1. The Labute approximate surface area is 125 Å².